The van der Waals surface area contributed by atoms with Crippen molar-refractivity contribution < 1.29 is 15.3 Å². The fraction of sp³-hybridized carbons (Fsp3) is 0.900. The molecule has 3 aliphatic carbocycles. The second kappa shape index (κ2) is 5.57. The third kappa shape index (κ3) is 2.51. The first-order chi connectivity index (χ1) is 10.6. The molecule has 3 heteroatoms. The van der Waals surface area contributed by atoms with Crippen molar-refractivity contribution in [1.29, 1.82) is 0 Å². The molecule has 0 bridgehead atoms. The largest absolute Gasteiger partial charge is 0.394 e. The van der Waals surface area contributed by atoms with Crippen molar-refractivity contribution in [2.45, 2.75) is 78.4 Å². The maximum absolute atomic E-state index is 10.5. The third-order valence-corrected chi connectivity index (χ3v) is 7.90. The number of rotatable bonds is 2. The molecular formula is C20H34O3. The van der Waals surface area contributed by atoms with Gasteiger partial charge in [-0.1, -0.05) is 39.3 Å². The van der Waals surface area contributed by atoms with E-state index in [1.807, 2.05) is 0 Å². The smallest absolute Gasteiger partial charge is 0.0858 e. The van der Waals surface area contributed by atoms with Crippen LogP contribution in [0.2, 0.25) is 0 Å². The lowest BCUT2D eigenvalue weighted by Crippen LogP contribution is -2.55. The van der Waals surface area contributed by atoms with Gasteiger partial charge in [-0.25, -0.2) is 0 Å². The highest BCUT2D eigenvalue weighted by Crippen LogP contribution is 2.63. The number of aliphatic hydroxyl groups is 3. The lowest BCUT2D eigenvalue weighted by atomic mass is 9.45. The van der Waals surface area contributed by atoms with E-state index in [2.05, 4.69) is 33.8 Å². The summed E-state index contributed by atoms with van der Waals surface area (Å²) in [7, 11) is 0. The first kappa shape index (κ1) is 17.4. The summed E-state index contributed by atoms with van der Waals surface area (Å²) >= 11 is 0. The molecule has 0 aromatic heterocycles. The number of aliphatic hydroxyl groups excluding tert-OH is 3. The summed E-state index contributed by atoms with van der Waals surface area (Å²) in [5.41, 5.74) is 1.47. The zero-order chi connectivity index (χ0) is 17.0. The van der Waals surface area contributed by atoms with Crippen LogP contribution in [0, 0.1) is 28.1 Å². The predicted octanol–water partition coefficient (Wildman–Crippen LogP) is 3.28. The maximum Gasteiger partial charge on any atom is 0.0858 e. The van der Waals surface area contributed by atoms with Crippen LogP contribution in [0.1, 0.15) is 66.2 Å². The van der Waals surface area contributed by atoms with Gasteiger partial charge in [-0.05, 0) is 61.2 Å². The number of hydrogen-bond donors (Lipinski definition) is 3. The summed E-state index contributed by atoms with van der Waals surface area (Å²) in [6.07, 6.45) is 7.70. The molecule has 3 nitrogen and oxygen atoms in total. The molecule has 0 heterocycles. The Morgan fingerprint density at radius 1 is 1.13 bits per heavy atom. The Morgan fingerprint density at radius 3 is 2.48 bits per heavy atom. The van der Waals surface area contributed by atoms with Gasteiger partial charge in [-0.2, -0.15) is 0 Å². The van der Waals surface area contributed by atoms with Crippen LogP contribution in [0.25, 0.3) is 0 Å². The molecular weight excluding hydrogens is 288 g/mol. The van der Waals surface area contributed by atoms with E-state index in [1.54, 1.807) is 0 Å². The highest BCUT2D eigenvalue weighted by Gasteiger charge is 2.57. The lowest BCUT2D eigenvalue weighted by Gasteiger charge is -2.61. The van der Waals surface area contributed by atoms with Gasteiger partial charge in [0.1, 0.15) is 0 Å². The maximum atomic E-state index is 10.5. The number of hydrogen-bond acceptors (Lipinski definition) is 3. The topological polar surface area (TPSA) is 60.7 Å². The van der Waals surface area contributed by atoms with Crippen LogP contribution in [0.4, 0.5) is 0 Å². The first-order valence-corrected chi connectivity index (χ1v) is 9.34. The van der Waals surface area contributed by atoms with Crippen LogP contribution in [-0.2, 0) is 0 Å². The Labute approximate surface area is 140 Å². The van der Waals surface area contributed by atoms with E-state index in [9.17, 15) is 15.3 Å². The van der Waals surface area contributed by atoms with E-state index in [4.69, 9.17) is 0 Å². The summed E-state index contributed by atoms with van der Waals surface area (Å²) in [5, 5.41) is 30.1. The normalized spacial score (nSPS) is 47.3. The minimum absolute atomic E-state index is 0.0100. The molecule has 0 amide bonds. The van der Waals surface area contributed by atoms with E-state index in [0.717, 1.165) is 38.5 Å². The van der Waals surface area contributed by atoms with E-state index in [-0.39, 0.29) is 29.0 Å². The van der Waals surface area contributed by atoms with E-state index >= 15 is 0 Å². The quantitative estimate of drug-likeness (QED) is 0.684. The summed E-state index contributed by atoms with van der Waals surface area (Å²) in [6, 6.07) is 0. The first-order valence-electron chi connectivity index (χ1n) is 9.34. The number of fused-ring (bicyclic) bond motifs is 3. The van der Waals surface area contributed by atoms with Crippen LogP contribution < -0.4 is 0 Å². The predicted molar refractivity (Wildman–Crippen MR) is 91.9 cm³/mol. The molecule has 0 aliphatic heterocycles. The molecule has 3 rings (SSSR count). The Kier molecular flexibility index (Phi) is 4.23. The molecule has 2 saturated carbocycles. The van der Waals surface area contributed by atoms with Gasteiger partial charge in [0.15, 0.2) is 0 Å². The van der Waals surface area contributed by atoms with Crippen LogP contribution in [0.15, 0.2) is 11.6 Å². The fourth-order valence-electron chi connectivity index (χ4n) is 6.21. The third-order valence-electron chi connectivity index (χ3n) is 7.90. The van der Waals surface area contributed by atoms with Crippen LogP contribution in [0.5, 0.6) is 0 Å². The standard InChI is InChI=1S/C20H34O3/c1-18(2)15-6-5-13-11-19(3,17(23)12-21)9-7-14(13)20(15,4)10-8-16(18)22/h11,14-17,21-23H,5-10,12H2,1-4H3/t14-,15-,16?,17?,19+,20+/m1/s1. The van der Waals surface area contributed by atoms with Gasteiger partial charge in [0.2, 0.25) is 0 Å². The van der Waals surface area contributed by atoms with Crippen LogP contribution in [0.3, 0.4) is 0 Å². The molecule has 3 aliphatic rings. The number of allylic oxidation sites excluding steroid dienone is 1. The van der Waals surface area contributed by atoms with Crippen molar-refractivity contribution in [3.8, 4) is 0 Å². The Balaban J connectivity index is 1.93. The summed E-state index contributed by atoms with van der Waals surface area (Å²) < 4.78 is 0. The Hall–Kier alpha value is -0.380. The van der Waals surface area contributed by atoms with Crippen LogP contribution in [-0.4, -0.2) is 34.1 Å². The minimum atomic E-state index is -0.661. The Morgan fingerprint density at radius 2 is 1.83 bits per heavy atom. The second-order valence-electron chi connectivity index (χ2n) is 9.49. The van der Waals surface area contributed by atoms with Gasteiger partial charge >= 0.3 is 0 Å². The molecule has 23 heavy (non-hydrogen) atoms. The van der Waals surface area contributed by atoms with Crippen molar-refractivity contribution in [2.24, 2.45) is 28.1 Å². The van der Waals surface area contributed by atoms with Gasteiger partial charge in [0.05, 0.1) is 18.8 Å². The zero-order valence-electron chi connectivity index (χ0n) is 15.2. The lowest BCUT2D eigenvalue weighted by molar-refractivity contribution is -0.129. The van der Waals surface area contributed by atoms with Gasteiger partial charge in [-0.3, -0.25) is 0 Å². The molecule has 0 saturated heterocycles. The zero-order valence-corrected chi connectivity index (χ0v) is 15.2. The SMILES string of the molecule is CC1(C)C(O)CC[C@@]2(C)[C@@H]3CC[C@](C)(C(O)CO)C=C3CC[C@H]12. The molecule has 0 aromatic rings. The second-order valence-corrected chi connectivity index (χ2v) is 9.49. The average Bonchev–Trinajstić information content (AvgIpc) is 2.50. The van der Waals surface area contributed by atoms with Crippen molar-refractivity contribution in [1.82, 2.24) is 0 Å². The van der Waals surface area contributed by atoms with Gasteiger partial charge in [-0.15, -0.1) is 0 Å². The molecule has 3 N–H and O–H groups in total. The molecule has 2 unspecified atom stereocenters. The highest BCUT2D eigenvalue weighted by molar-refractivity contribution is 5.25. The molecule has 132 valence electrons. The van der Waals surface area contributed by atoms with Crippen molar-refractivity contribution in [3.05, 3.63) is 11.6 Å². The molecule has 0 spiro atoms. The molecule has 0 radical (unpaired) electrons. The summed E-state index contributed by atoms with van der Waals surface area (Å²) in [6.45, 7) is 8.85. The molecule has 2 fully saturated rings. The monoisotopic (exact) mass is 322 g/mol. The minimum Gasteiger partial charge on any atom is -0.394 e. The molecule has 0 aromatic carbocycles. The Bertz CT molecular complexity index is 497. The van der Waals surface area contributed by atoms with Crippen molar-refractivity contribution >= 4 is 0 Å². The van der Waals surface area contributed by atoms with E-state index in [1.165, 1.54) is 5.57 Å². The van der Waals surface area contributed by atoms with Crippen molar-refractivity contribution in [2.75, 3.05) is 6.61 Å². The van der Waals surface area contributed by atoms with Gasteiger partial charge in [0.25, 0.3) is 0 Å². The molecule has 6 atom stereocenters. The van der Waals surface area contributed by atoms with Gasteiger partial charge < -0.3 is 15.3 Å². The summed E-state index contributed by atoms with van der Waals surface area (Å²) in [4.78, 5) is 0. The average molecular weight is 322 g/mol. The van der Waals surface area contributed by atoms with Crippen LogP contribution >= 0.6 is 0 Å². The highest BCUT2D eigenvalue weighted by atomic mass is 16.3. The van der Waals surface area contributed by atoms with Crippen molar-refractivity contribution in [3.63, 3.8) is 0 Å². The fourth-order valence-corrected chi connectivity index (χ4v) is 6.21. The van der Waals surface area contributed by atoms with Gasteiger partial charge in [0, 0.05) is 5.41 Å². The summed E-state index contributed by atoms with van der Waals surface area (Å²) in [5.74, 6) is 1.14. The van der Waals surface area contributed by atoms with E-state index in [0.29, 0.717) is 11.8 Å². The van der Waals surface area contributed by atoms with E-state index < -0.39 is 6.10 Å².